The molecule has 124 valence electrons. The molecule has 0 saturated heterocycles. The van der Waals surface area contributed by atoms with E-state index in [1.165, 1.54) is 19.3 Å². The summed E-state index contributed by atoms with van der Waals surface area (Å²) in [5.41, 5.74) is 6.63. The molecule has 22 heavy (non-hydrogen) atoms. The van der Waals surface area contributed by atoms with Gasteiger partial charge < -0.3 is 15.8 Å². The summed E-state index contributed by atoms with van der Waals surface area (Å²) in [5.74, 6) is 2.55. The lowest BCUT2D eigenvalue weighted by Crippen LogP contribution is -2.28. The third kappa shape index (κ3) is 4.49. The molecule has 1 saturated carbocycles. The molecule has 0 atom stereocenters. The number of nitrogens with one attached hydrogen (secondary N) is 1. The van der Waals surface area contributed by atoms with Gasteiger partial charge in [-0.3, -0.25) is 0 Å². The van der Waals surface area contributed by atoms with E-state index in [9.17, 15) is 0 Å². The lowest BCUT2D eigenvalue weighted by atomic mass is 9.88. The van der Waals surface area contributed by atoms with Gasteiger partial charge in [-0.1, -0.05) is 26.2 Å². The highest BCUT2D eigenvalue weighted by Gasteiger charge is 2.23. The normalized spacial score (nSPS) is 16.5. The molecule has 2 rings (SSSR count). The summed E-state index contributed by atoms with van der Waals surface area (Å²) in [6.45, 7) is 9.00. The van der Waals surface area contributed by atoms with Crippen molar-refractivity contribution in [2.75, 3.05) is 17.7 Å². The Balaban J connectivity index is 2.33. The minimum atomic E-state index is -0.103. The molecule has 1 aromatic rings. The number of nitrogen functional groups attached to an aromatic ring is 1. The van der Waals surface area contributed by atoms with Gasteiger partial charge in [0.15, 0.2) is 5.82 Å². The molecule has 5 nitrogen and oxygen atoms in total. The molecule has 0 aromatic carbocycles. The number of ether oxygens (including phenoxy) is 1. The molecular weight excluding hydrogens is 276 g/mol. The molecule has 1 aliphatic carbocycles. The Morgan fingerprint density at radius 1 is 1.18 bits per heavy atom. The summed E-state index contributed by atoms with van der Waals surface area (Å²) in [7, 11) is 0. The minimum absolute atomic E-state index is 0.103. The fourth-order valence-corrected chi connectivity index (χ4v) is 2.77. The van der Waals surface area contributed by atoms with Gasteiger partial charge in [-0.25, -0.2) is 4.98 Å². The van der Waals surface area contributed by atoms with Crippen LogP contribution in [0.5, 0.6) is 5.88 Å². The molecule has 3 N–H and O–H groups in total. The van der Waals surface area contributed by atoms with E-state index in [1.807, 2.05) is 0 Å². The summed E-state index contributed by atoms with van der Waals surface area (Å²) < 4.78 is 5.76. The number of rotatable bonds is 5. The highest BCUT2D eigenvalue weighted by molar-refractivity contribution is 5.67. The van der Waals surface area contributed by atoms with Crippen LogP contribution in [0.15, 0.2) is 0 Å². The zero-order valence-electron chi connectivity index (χ0n) is 14.4. The average molecular weight is 306 g/mol. The van der Waals surface area contributed by atoms with Crippen LogP contribution >= 0.6 is 0 Å². The summed E-state index contributed by atoms with van der Waals surface area (Å²) in [5, 5.41) is 3.39. The van der Waals surface area contributed by atoms with E-state index in [0.29, 0.717) is 29.9 Å². The summed E-state index contributed by atoms with van der Waals surface area (Å²) in [4.78, 5) is 9.35. The standard InChI is InChI=1S/C17H30N4O/c1-5-11-22-16-13(18)15(21-17(2,3)4)19-14(20-16)12-9-7-6-8-10-12/h12H,5-11,18H2,1-4H3,(H,19,20,21). The van der Waals surface area contributed by atoms with Crippen molar-refractivity contribution in [3.05, 3.63) is 5.82 Å². The molecule has 0 unspecified atom stereocenters. The van der Waals surface area contributed by atoms with Gasteiger partial charge in [0, 0.05) is 11.5 Å². The van der Waals surface area contributed by atoms with E-state index in [1.54, 1.807) is 0 Å². The van der Waals surface area contributed by atoms with Crippen molar-refractivity contribution >= 4 is 11.5 Å². The van der Waals surface area contributed by atoms with Crippen LogP contribution in [0.1, 0.15) is 78.0 Å². The monoisotopic (exact) mass is 306 g/mol. The molecule has 1 fully saturated rings. The van der Waals surface area contributed by atoms with Gasteiger partial charge in [0.2, 0.25) is 5.88 Å². The Bertz CT molecular complexity index is 490. The van der Waals surface area contributed by atoms with Crippen LogP contribution in [0.2, 0.25) is 0 Å². The Morgan fingerprint density at radius 2 is 1.86 bits per heavy atom. The van der Waals surface area contributed by atoms with Gasteiger partial charge in [0.05, 0.1) is 6.61 Å². The van der Waals surface area contributed by atoms with Gasteiger partial charge in [0.1, 0.15) is 11.5 Å². The molecule has 0 radical (unpaired) electrons. The van der Waals surface area contributed by atoms with Gasteiger partial charge in [-0.2, -0.15) is 4.98 Å². The van der Waals surface area contributed by atoms with Crippen molar-refractivity contribution < 1.29 is 4.74 Å². The van der Waals surface area contributed by atoms with E-state index >= 15 is 0 Å². The van der Waals surface area contributed by atoms with Crippen LogP contribution in [0, 0.1) is 0 Å². The highest BCUT2D eigenvalue weighted by Crippen LogP contribution is 2.35. The van der Waals surface area contributed by atoms with Crippen LogP contribution in [0.25, 0.3) is 0 Å². The van der Waals surface area contributed by atoms with Crippen molar-refractivity contribution in [2.45, 2.75) is 77.7 Å². The lowest BCUT2D eigenvalue weighted by Gasteiger charge is -2.26. The molecule has 1 aliphatic rings. The molecule has 0 bridgehead atoms. The smallest absolute Gasteiger partial charge is 0.242 e. The highest BCUT2D eigenvalue weighted by atomic mass is 16.5. The fraction of sp³-hybridized carbons (Fsp3) is 0.765. The maximum atomic E-state index is 6.22. The van der Waals surface area contributed by atoms with E-state index in [0.717, 1.165) is 25.1 Å². The molecule has 0 spiro atoms. The first-order chi connectivity index (χ1) is 10.4. The summed E-state index contributed by atoms with van der Waals surface area (Å²) in [6, 6.07) is 0. The number of aromatic nitrogens is 2. The molecule has 1 aromatic heterocycles. The Hall–Kier alpha value is -1.52. The van der Waals surface area contributed by atoms with Crippen molar-refractivity contribution in [3.8, 4) is 5.88 Å². The van der Waals surface area contributed by atoms with Crippen LogP contribution in [0.4, 0.5) is 11.5 Å². The quantitative estimate of drug-likeness (QED) is 0.856. The second-order valence-electron chi connectivity index (χ2n) is 7.21. The van der Waals surface area contributed by atoms with Gasteiger partial charge >= 0.3 is 0 Å². The largest absolute Gasteiger partial charge is 0.476 e. The second-order valence-corrected chi connectivity index (χ2v) is 7.21. The third-order valence-electron chi connectivity index (χ3n) is 3.83. The predicted molar refractivity (Wildman–Crippen MR) is 91.4 cm³/mol. The molecule has 0 aliphatic heterocycles. The second kappa shape index (κ2) is 7.16. The van der Waals surface area contributed by atoms with E-state index in [4.69, 9.17) is 15.5 Å². The lowest BCUT2D eigenvalue weighted by molar-refractivity contribution is 0.303. The van der Waals surface area contributed by atoms with Crippen LogP contribution < -0.4 is 15.8 Å². The Labute approximate surface area is 134 Å². The van der Waals surface area contributed by atoms with Crippen LogP contribution in [-0.4, -0.2) is 22.1 Å². The Kier molecular flexibility index (Phi) is 5.48. The molecule has 0 amide bonds. The van der Waals surface area contributed by atoms with Gasteiger partial charge in [0.25, 0.3) is 0 Å². The predicted octanol–water partition coefficient (Wildman–Crippen LogP) is 4.11. The number of hydrogen-bond acceptors (Lipinski definition) is 5. The maximum absolute atomic E-state index is 6.22. The van der Waals surface area contributed by atoms with E-state index < -0.39 is 0 Å². The fourth-order valence-electron chi connectivity index (χ4n) is 2.77. The molecule has 5 heteroatoms. The SMILES string of the molecule is CCCOc1nc(C2CCCCC2)nc(NC(C)(C)C)c1N. The van der Waals surface area contributed by atoms with E-state index in [-0.39, 0.29) is 5.54 Å². The zero-order valence-corrected chi connectivity index (χ0v) is 14.4. The first kappa shape index (κ1) is 16.8. The van der Waals surface area contributed by atoms with Crippen molar-refractivity contribution in [3.63, 3.8) is 0 Å². The molecule has 1 heterocycles. The number of hydrogen-bond donors (Lipinski definition) is 2. The van der Waals surface area contributed by atoms with Crippen molar-refractivity contribution in [2.24, 2.45) is 0 Å². The number of nitrogens with zero attached hydrogens (tertiary/aromatic N) is 2. The zero-order chi connectivity index (χ0) is 16.2. The van der Waals surface area contributed by atoms with Gasteiger partial charge in [-0.15, -0.1) is 0 Å². The van der Waals surface area contributed by atoms with Crippen LogP contribution in [0.3, 0.4) is 0 Å². The molecular formula is C17H30N4O. The first-order valence-corrected chi connectivity index (χ1v) is 8.49. The number of anilines is 2. The van der Waals surface area contributed by atoms with Crippen LogP contribution in [-0.2, 0) is 0 Å². The van der Waals surface area contributed by atoms with Crippen molar-refractivity contribution in [1.29, 1.82) is 0 Å². The number of nitrogens with two attached hydrogens (primary N) is 1. The minimum Gasteiger partial charge on any atom is -0.476 e. The third-order valence-corrected chi connectivity index (χ3v) is 3.83. The summed E-state index contributed by atoms with van der Waals surface area (Å²) >= 11 is 0. The summed E-state index contributed by atoms with van der Waals surface area (Å²) in [6.07, 6.45) is 7.08. The first-order valence-electron chi connectivity index (χ1n) is 8.49. The Morgan fingerprint density at radius 3 is 2.45 bits per heavy atom. The average Bonchev–Trinajstić information content (AvgIpc) is 2.47. The topological polar surface area (TPSA) is 73.1 Å². The van der Waals surface area contributed by atoms with Crippen molar-refractivity contribution in [1.82, 2.24) is 9.97 Å². The maximum Gasteiger partial charge on any atom is 0.242 e. The van der Waals surface area contributed by atoms with Gasteiger partial charge in [-0.05, 0) is 40.0 Å². The van der Waals surface area contributed by atoms with E-state index in [2.05, 4.69) is 38.0 Å².